The summed E-state index contributed by atoms with van der Waals surface area (Å²) in [6.45, 7) is 0.281. The Kier molecular flexibility index (Phi) is 4.05. The van der Waals surface area contributed by atoms with Gasteiger partial charge in [-0.25, -0.2) is 0 Å². The summed E-state index contributed by atoms with van der Waals surface area (Å²) in [6, 6.07) is 4.98. The topological polar surface area (TPSA) is 84.7 Å². The monoisotopic (exact) mass is 275 g/mol. The molecule has 0 fully saturated rings. The normalized spacial score (nSPS) is 18.6. The Morgan fingerprint density at radius 3 is 2.95 bits per heavy atom. The van der Waals surface area contributed by atoms with Gasteiger partial charge in [-0.05, 0) is 30.8 Å². The van der Waals surface area contributed by atoms with Gasteiger partial charge in [0.05, 0.1) is 5.69 Å². The van der Waals surface area contributed by atoms with E-state index in [-0.39, 0.29) is 18.6 Å². The Hall–Kier alpha value is -2.34. The molecule has 6 heteroatoms. The van der Waals surface area contributed by atoms with E-state index < -0.39 is 5.91 Å². The number of nitrogens with two attached hydrogens (primary N) is 1. The van der Waals surface area contributed by atoms with Crippen molar-refractivity contribution in [1.82, 2.24) is 5.32 Å². The summed E-state index contributed by atoms with van der Waals surface area (Å²) >= 11 is 0. The molecule has 0 radical (unpaired) electrons. The lowest BCUT2D eigenvalue weighted by Crippen LogP contribution is -2.45. The second-order valence-corrected chi connectivity index (χ2v) is 4.51. The average molecular weight is 275 g/mol. The van der Waals surface area contributed by atoms with Crippen molar-refractivity contribution >= 4 is 23.6 Å². The van der Waals surface area contributed by atoms with E-state index in [9.17, 15) is 9.59 Å². The minimum atomic E-state index is -0.518. The lowest BCUT2D eigenvalue weighted by atomic mass is 10.1. The molecule has 6 nitrogen and oxygen atoms in total. The highest BCUT2D eigenvalue weighted by molar-refractivity contribution is 5.99. The van der Waals surface area contributed by atoms with Gasteiger partial charge in [-0.15, -0.1) is 0 Å². The van der Waals surface area contributed by atoms with E-state index in [1.807, 2.05) is 0 Å². The van der Waals surface area contributed by atoms with Gasteiger partial charge in [-0.1, -0.05) is 6.07 Å². The summed E-state index contributed by atoms with van der Waals surface area (Å²) in [6.07, 6.45) is 2.87. The number of primary amides is 1. The molecule has 1 aliphatic rings. The molecule has 1 aliphatic heterocycles. The maximum atomic E-state index is 12.2. The predicted octanol–water partition coefficient (Wildman–Crippen LogP) is 0.128. The van der Waals surface area contributed by atoms with Gasteiger partial charge in [0, 0.05) is 13.1 Å². The molecule has 1 aromatic rings. The lowest BCUT2D eigenvalue weighted by Gasteiger charge is -2.19. The average Bonchev–Trinajstić information content (AvgIpc) is 2.55. The summed E-state index contributed by atoms with van der Waals surface area (Å²) in [7, 11) is 3.42. The van der Waals surface area contributed by atoms with Gasteiger partial charge >= 0.3 is 0 Å². The van der Waals surface area contributed by atoms with E-state index in [4.69, 9.17) is 10.5 Å². The number of hydrogen-bond donors (Lipinski definition) is 2. The molecule has 0 saturated carbocycles. The first-order valence-corrected chi connectivity index (χ1v) is 6.22. The summed E-state index contributed by atoms with van der Waals surface area (Å²) < 4.78 is 5.63. The quantitative estimate of drug-likeness (QED) is 0.768. The van der Waals surface area contributed by atoms with Crippen LogP contribution < -0.4 is 20.7 Å². The molecule has 1 heterocycles. The highest BCUT2D eigenvalue weighted by Gasteiger charge is 2.27. The number of fused-ring (bicyclic) bond motifs is 1. The molecule has 2 rings (SSSR count). The summed E-state index contributed by atoms with van der Waals surface area (Å²) in [5.74, 6) is 0.0491. The van der Waals surface area contributed by atoms with Crippen LogP contribution in [0.15, 0.2) is 24.3 Å². The van der Waals surface area contributed by atoms with Gasteiger partial charge < -0.3 is 20.7 Å². The maximum Gasteiger partial charge on any atom is 0.247 e. The van der Waals surface area contributed by atoms with Crippen molar-refractivity contribution < 1.29 is 14.3 Å². The maximum absolute atomic E-state index is 12.2. The van der Waals surface area contributed by atoms with Crippen molar-refractivity contribution in [1.29, 1.82) is 0 Å². The number of hydrogen-bond acceptors (Lipinski definition) is 4. The Labute approximate surface area is 117 Å². The molecule has 0 bridgehead atoms. The Balaban J connectivity index is 2.36. The third-order valence-electron chi connectivity index (χ3n) is 3.17. The fraction of sp³-hybridized carbons (Fsp3) is 0.286. The van der Waals surface area contributed by atoms with E-state index >= 15 is 0 Å². The number of amides is 2. The van der Waals surface area contributed by atoms with Crippen LogP contribution in [0, 0.1) is 0 Å². The van der Waals surface area contributed by atoms with Crippen molar-refractivity contribution in [3.63, 3.8) is 0 Å². The number of benzene rings is 1. The molecular weight excluding hydrogens is 258 g/mol. The van der Waals surface area contributed by atoms with E-state index in [1.165, 1.54) is 6.08 Å². The Morgan fingerprint density at radius 1 is 1.55 bits per heavy atom. The number of rotatable bonds is 3. The van der Waals surface area contributed by atoms with Crippen LogP contribution >= 0.6 is 0 Å². The van der Waals surface area contributed by atoms with Gasteiger partial charge in [0.15, 0.2) is 0 Å². The third-order valence-corrected chi connectivity index (χ3v) is 3.17. The van der Waals surface area contributed by atoms with E-state index in [2.05, 4.69) is 5.32 Å². The first kappa shape index (κ1) is 14.1. The second kappa shape index (κ2) is 5.75. The van der Waals surface area contributed by atoms with Gasteiger partial charge in [0.1, 0.15) is 18.4 Å². The standard InChI is InChI=1S/C14H17N3O3/c1-16-10-8-20-12-5-3-9(4-6-13(15)18)7-11(12)17(2)14(10)19/h3-7,10,16H,8H2,1-2H3,(H2,15,18)/b6-4+. The van der Waals surface area contributed by atoms with Crippen LogP contribution in [-0.4, -0.2) is 38.6 Å². The van der Waals surface area contributed by atoms with Crippen LogP contribution in [0.4, 0.5) is 5.69 Å². The Morgan fingerprint density at radius 2 is 2.30 bits per heavy atom. The first-order valence-electron chi connectivity index (χ1n) is 6.22. The third kappa shape index (κ3) is 2.80. The van der Waals surface area contributed by atoms with Crippen LogP contribution in [0.1, 0.15) is 5.56 Å². The van der Waals surface area contributed by atoms with Crippen molar-refractivity contribution in [2.24, 2.45) is 5.73 Å². The number of ether oxygens (including phenoxy) is 1. The van der Waals surface area contributed by atoms with Crippen molar-refractivity contribution in [3.8, 4) is 5.75 Å². The number of carbonyl (C=O) groups is 2. The molecule has 0 aromatic heterocycles. The van der Waals surface area contributed by atoms with Gasteiger partial charge in [-0.3, -0.25) is 9.59 Å². The number of nitrogens with one attached hydrogen (secondary N) is 1. The Bertz CT molecular complexity index is 569. The molecule has 1 aromatic carbocycles. The van der Waals surface area contributed by atoms with Crippen LogP contribution in [0.2, 0.25) is 0 Å². The van der Waals surface area contributed by atoms with Crippen molar-refractivity contribution in [2.75, 3.05) is 25.6 Å². The van der Waals surface area contributed by atoms with Gasteiger partial charge in [0.25, 0.3) is 0 Å². The summed E-state index contributed by atoms with van der Waals surface area (Å²) in [5.41, 5.74) is 6.50. The molecule has 2 amide bonds. The summed E-state index contributed by atoms with van der Waals surface area (Å²) in [4.78, 5) is 24.5. The zero-order valence-corrected chi connectivity index (χ0v) is 11.4. The van der Waals surface area contributed by atoms with E-state index in [0.29, 0.717) is 11.4 Å². The number of anilines is 1. The molecule has 20 heavy (non-hydrogen) atoms. The van der Waals surface area contributed by atoms with Crippen molar-refractivity contribution in [3.05, 3.63) is 29.8 Å². The molecular formula is C14H17N3O3. The molecule has 3 N–H and O–H groups in total. The smallest absolute Gasteiger partial charge is 0.247 e. The fourth-order valence-electron chi connectivity index (χ4n) is 2.00. The summed E-state index contributed by atoms with van der Waals surface area (Å²) in [5, 5.41) is 2.92. The molecule has 106 valence electrons. The number of carbonyl (C=O) groups excluding carboxylic acids is 2. The molecule has 0 aliphatic carbocycles. The highest BCUT2D eigenvalue weighted by Crippen LogP contribution is 2.31. The largest absolute Gasteiger partial charge is 0.489 e. The number of likely N-dealkylation sites (N-methyl/N-ethyl adjacent to an activating group) is 2. The van der Waals surface area contributed by atoms with Crippen LogP contribution in [0.3, 0.4) is 0 Å². The molecule has 1 atom stereocenters. The highest BCUT2D eigenvalue weighted by atomic mass is 16.5. The van der Waals surface area contributed by atoms with Crippen LogP contribution in [0.5, 0.6) is 5.75 Å². The SMILES string of the molecule is CNC1COc2ccc(/C=C/C(N)=O)cc2N(C)C1=O. The van der Waals surface area contributed by atoms with E-state index in [1.54, 1.807) is 43.3 Å². The number of nitrogens with zero attached hydrogens (tertiary/aromatic N) is 1. The van der Waals surface area contributed by atoms with Crippen LogP contribution in [-0.2, 0) is 9.59 Å². The first-order chi connectivity index (χ1) is 9.52. The zero-order chi connectivity index (χ0) is 14.7. The minimum absolute atomic E-state index is 0.0673. The zero-order valence-electron chi connectivity index (χ0n) is 11.4. The molecule has 0 spiro atoms. The lowest BCUT2D eigenvalue weighted by molar-refractivity contribution is -0.120. The predicted molar refractivity (Wildman–Crippen MR) is 76.4 cm³/mol. The van der Waals surface area contributed by atoms with Gasteiger partial charge in [-0.2, -0.15) is 0 Å². The molecule has 1 unspecified atom stereocenters. The van der Waals surface area contributed by atoms with Crippen molar-refractivity contribution in [2.45, 2.75) is 6.04 Å². The van der Waals surface area contributed by atoms with Gasteiger partial charge in [0.2, 0.25) is 11.8 Å². The van der Waals surface area contributed by atoms with E-state index in [0.717, 1.165) is 5.56 Å². The molecule has 0 saturated heterocycles. The second-order valence-electron chi connectivity index (χ2n) is 4.51. The minimum Gasteiger partial charge on any atom is -0.489 e. The fourth-order valence-corrected chi connectivity index (χ4v) is 2.00. The van der Waals surface area contributed by atoms with Crippen LogP contribution in [0.25, 0.3) is 6.08 Å².